The van der Waals surface area contributed by atoms with Crippen molar-refractivity contribution in [2.75, 3.05) is 6.61 Å². The summed E-state index contributed by atoms with van der Waals surface area (Å²) in [6, 6.07) is 10.0. The molecule has 3 heterocycles. The molecule has 1 aromatic carbocycles. The minimum absolute atomic E-state index is 0.00759. The number of hydrogen-bond donors (Lipinski definition) is 2. The molecule has 3 aromatic rings. The number of H-pyrrole nitrogens is 1. The molecule has 2 atom stereocenters. The quantitative estimate of drug-likeness (QED) is 0.725. The summed E-state index contributed by atoms with van der Waals surface area (Å²) in [5, 5.41) is 8.84. The van der Waals surface area contributed by atoms with E-state index in [0.717, 1.165) is 11.2 Å². The Hall–Kier alpha value is -2.11. The van der Waals surface area contributed by atoms with Gasteiger partial charge in [0.25, 0.3) is 0 Å². The lowest BCUT2D eigenvalue weighted by Gasteiger charge is -2.29. The normalized spacial score (nSPS) is 20.4. The number of nitrogens with one attached hydrogen (secondary N) is 2. The van der Waals surface area contributed by atoms with Gasteiger partial charge < -0.3 is 9.72 Å². The van der Waals surface area contributed by atoms with Crippen LogP contribution < -0.4 is 5.32 Å². The first-order valence-electron chi connectivity index (χ1n) is 7.82. The summed E-state index contributed by atoms with van der Waals surface area (Å²) in [6.45, 7) is 2.25. The Balaban J connectivity index is 1.83. The van der Waals surface area contributed by atoms with Gasteiger partial charge >= 0.3 is 5.97 Å². The largest absolute Gasteiger partial charge is 0.465 e. The molecule has 0 fully saturated rings. The molecule has 0 spiro atoms. The number of carbonyl (C=O) groups is 1. The van der Waals surface area contributed by atoms with Gasteiger partial charge in [-0.1, -0.05) is 18.2 Å². The Labute approximate surface area is 138 Å². The average Bonchev–Trinajstić information content (AvgIpc) is 3.22. The molecule has 1 aliphatic heterocycles. The summed E-state index contributed by atoms with van der Waals surface area (Å²) in [7, 11) is 0. The lowest BCUT2D eigenvalue weighted by Crippen LogP contribution is -2.45. The molecule has 4 rings (SSSR count). The van der Waals surface area contributed by atoms with Gasteiger partial charge in [0.2, 0.25) is 0 Å². The molecule has 0 bridgehead atoms. The number of aromatic nitrogens is 1. The van der Waals surface area contributed by atoms with Crippen LogP contribution in [0.4, 0.5) is 0 Å². The van der Waals surface area contributed by atoms with E-state index in [1.165, 1.54) is 16.5 Å². The Bertz CT molecular complexity index is 838. The number of aromatic amines is 1. The van der Waals surface area contributed by atoms with Crippen molar-refractivity contribution in [3.8, 4) is 0 Å². The Morgan fingerprint density at radius 2 is 2.22 bits per heavy atom. The predicted octanol–water partition coefficient (Wildman–Crippen LogP) is 3.40. The van der Waals surface area contributed by atoms with Crippen LogP contribution in [-0.2, 0) is 16.0 Å². The van der Waals surface area contributed by atoms with Gasteiger partial charge in [-0.15, -0.1) is 0 Å². The lowest BCUT2D eigenvalue weighted by atomic mass is 9.91. The van der Waals surface area contributed by atoms with Gasteiger partial charge in [0.05, 0.1) is 12.6 Å². The Kier molecular flexibility index (Phi) is 3.67. The second kappa shape index (κ2) is 5.83. The zero-order chi connectivity index (χ0) is 15.8. The van der Waals surface area contributed by atoms with E-state index in [-0.39, 0.29) is 18.1 Å². The molecular weight excluding hydrogens is 308 g/mol. The van der Waals surface area contributed by atoms with Crippen LogP contribution in [0.15, 0.2) is 41.1 Å². The van der Waals surface area contributed by atoms with Crippen molar-refractivity contribution in [3.05, 3.63) is 57.9 Å². The van der Waals surface area contributed by atoms with Gasteiger partial charge in [0, 0.05) is 23.0 Å². The molecule has 0 aliphatic carbocycles. The molecule has 23 heavy (non-hydrogen) atoms. The first-order chi connectivity index (χ1) is 11.3. The SMILES string of the molecule is CCOC(=O)C1Cc2c([nH]c3ccccc23)C(c2ccsc2)N1. The van der Waals surface area contributed by atoms with Crippen LogP contribution in [0.3, 0.4) is 0 Å². The highest BCUT2D eigenvalue weighted by molar-refractivity contribution is 7.08. The van der Waals surface area contributed by atoms with Crippen LogP contribution in [0.1, 0.15) is 29.8 Å². The highest BCUT2D eigenvalue weighted by Gasteiger charge is 2.34. The monoisotopic (exact) mass is 326 g/mol. The standard InChI is InChI=1S/C18H18N2O2S/c1-2-22-18(21)15-9-13-12-5-3-4-6-14(12)19-17(13)16(20-15)11-7-8-23-10-11/h3-8,10,15-16,19-20H,2,9H2,1H3. The summed E-state index contributed by atoms with van der Waals surface area (Å²) in [5.41, 5.74) is 4.67. The summed E-state index contributed by atoms with van der Waals surface area (Å²) in [5.74, 6) is -0.177. The molecule has 4 nitrogen and oxygen atoms in total. The molecule has 0 amide bonds. The van der Waals surface area contributed by atoms with Gasteiger partial charge in [-0.3, -0.25) is 10.1 Å². The third-order valence-electron chi connectivity index (χ3n) is 4.36. The number of benzene rings is 1. The minimum Gasteiger partial charge on any atom is -0.465 e. The smallest absolute Gasteiger partial charge is 0.323 e. The second-order valence-corrected chi connectivity index (χ2v) is 6.51. The van der Waals surface area contributed by atoms with Crippen LogP contribution in [0, 0.1) is 0 Å². The fourth-order valence-electron chi connectivity index (χ4n) is 3.33. The van der Waals surface area contributed by atoms with Gasteiger partial charge in [-0.25, -0.2) is 0 Å². The number of para-hydroxylation sites is 1. The van der Waals surface area contributed by atoms with Crippen LogP contribution in [0.25, 0.3) is 10.9 Å². The fourth-order valence-corrected chi connectivity index (χ4v) is 4.02. The second-order valence-electron chi connectivity index (χ2n) is 5.73. The van der Waals surface area contributed by atoms with Gasteiger partial charge in [0.15, 0.2) is 0 Å². The number of thiophene rings is 1. The number of rotatable bonds is 3. The number of carbonyl (C=O) groups excluding carboxylic acids is 1. The van der Waals surface area contributed by atoms with Crippen molar-refractivity contribution in [2.45, 2.75) is 25.4 Å². The van der Waals surface area contributed by atoms with Crippen molar-refractivity contribution < 1.29 is 9.53 Å². The van der Waals surface area contributed by atoms with Gasteiger partial charge in [-0.2, -0.15) is 11.3 Å². The van der Waals surface area contributed by atoms with Crippen LogP contribution in [0.5, 0.6) is 0 Å². The van der Waals surface area contributed by atoms with Crippen molar-refractivity contribution in [1.29, 1.82) is 0 Å². The molecule has 1 aliphatic rings. The van der Waals surface area contributed by atoms with E-state index >= 15 is 0 Å². The predicted molar refractivity (Wildman–Crippen MR) is 91.7 cm³/mol. The maximum atomic E-state index is 12.3. The van der Waals surface area contributed by atoms with Crippen molar-refractivity contribution in [1.82, 2.24) is 10.3 Å². The molecule has 0 saturated heterocycles. The molecule has 0 radical (unpaired) electrons. The van der Waals surface area contributed by atoms with Crippen LogP contribution >= 0.6 is 11.3 Å². The average molecular weight is 326 g/mol. The van der Waals surface area contributed by atoms with E-state index in [1.54, 1.807) is 11.3 Å². The minimum atomic E-state index is -0.313. The van der Waals surface area contributed by atoms with Crippen LogP contribution in [0.2, 0.25) is 0 Å². The van der Waals surface area contributed by atoms with E-state index in [0.29, 0.717) is 13.0 Å². The maximum Gasteiger partial charge on any atom is 0.323 e. The summed E-state index contributed by atoms with van der Waals surface area (Å²) in [4.78, 5) is 15.8. The topological polar surface area (TPSA) is 54.1 Å². The van der Waals surface area contributed by atoms with Gasteiger partial charge in [0.1, 0.15) is 6.04 Å². The molecule has 118 valence electrons. The number of ether oxygens (including phenoxy) is 1. The molecule has 5 heteroatoms. The number of fused-ring (bicyclic) bond motifs is 3. The molecule has 2 unspecified atom stereocenters. The molecular formula is C18H18N2O2S. The highest BCUT2D eigenvalue weighted by Crippen LogP contribution is 2.35. The van der Waals surface area contributed by atoms with E-state index in [4.69, 9.17) is 4.74 Å². The zero-order valence-electron chi connectivity index (χ0n) is 12.8. The maximum absolute atomic E-state index is 12.3. The van der Waals surface area contributed by atoms with Gasteiger partial charge in [-0.05, 0) is 40.9 Å². The first kappa shape index (κ1) is 14.5. The number of esters is 1. The summed E-state index contributed by atoms with van der Waals surface area (Å²) < 4.78 is 5.24. The molecule has 2 N–H and O–H groups in total. The Morgan fingerprint density at radius 3 is 3.00 bits per heavy atom. The van der Waals surface area contributed by atoms with Crippen LogP contribution in [-0.4, -0.2) is 23.6 Å². The fraction of sp³-hybridized carbons (Fsp3) is 0.278. The van der Waals surface area contributed by atoms with E-state index in [2.05, 4.69) is 39.3 Å². The molecule has 0 saturated carbocycles. The van der Waals surface area contributed by atoms with Crippen molar-refractivity contribution in [3.63, 3.8) is 0 Å². The third-order valence-corrected chi connectivity index (χ3v) is 5.06. The third kappa shape index (κ3) is 2.46. The first-order valence-corrected chi connectivity index (χ1v) is 8.76. The van der Waals surface area contributed by atoms with Crippen molar-refractivity contribution in [2.24, 2.45) is 0 Å². The molecule has 2 aromatic heterocycles. The summed E-state index contributed by atoms with van der Waals surface area (Å²) in [6.07, 6.45) is 0.652. The lowest BCUT2D eigenvalue weighted by molar-refractivity contribution is -0.146. The zero-order valence-corrected chi connectivity index (χ0v) is 13.7. The summed E-state index contributed by atoms with van der Waals surface area (Å²) >= 11 is 1.66. The van der Waals surface area contributed by atoms with Crippen molar-refractivity contribution >= 4 is 28.2 Å². The number of hydrogen-bond acceptors (Lipinski definition) is 4. The van der Waals surface area contributed by atoms with E-state index in [1.807, 2.05) is 19.1 Å². The van der Waals surface area contributed by atoms with E-state index < -0.39 is 0 Å². The van der Waals surface area contributed by atoms with E-state index in [9.17, 15) is 4.79 Å². The highest BCUT2D eigenvalue weighted by atomic mass is 32.1. The Morgan fingerprint density at radius 1 is 1.35 bits per heavy atom.